The Hall–Kier alpha value is -2.00. The first kappa shape index (κ1) is 13.4. The molecule has 0 fully saturated rings. The van der Waals surface area contributed by atoms with Gasteiger partial charge in [-0.3, -0.25) is 0 Å². The number of rotatable bonds is 1. The van der Waals surface area contributed by atoms with Crippen molar-refractivity contribution < 1.29 is 0 Å². The van der Waals surface area contributed by atoms with Crippen LogP contribution in [0.3, 0.4) is 0 Å². The second-order valence-corrected chi connectivity index (χ2v) is 5.79. The zero-order valence-corrected chi connectivity index (χ0v) is 11.9. The predicted molar refractivity (Wildman–Crippen MR) is 82.2 cm³/mol. The summed E-state index contributed by atoms with van der Waals surface area (Å²) in [6.07, 6.45) is 0.807. The Morgan fingerprint density at radius 3 is 2.05 bits per heavy atom. The smallest absolute Gasteiger partial charge is 0.0344 e. The SMILES string of the molecule is CC(C)(C)c1ccc(C#CCc2ccccc2)cc1. The summed E-state index contributed by atoms with van der Waals surface area (Å²) >= 11 is 0. The van der Waals surface area contributed by atoms with E-state index in [1.807, 2.05) is 6.07 Å². The fourth-order valence-electron chi connectivity index (χ4n) is 1.90. The van der Waals surface area contributed by atoms with E-state index in [2.05, 4.69) is 81.1 Å². The lowest BCUT2D eigenvalue weighted by Crippen LogP contribution is -2.10. The van der Waals surface area contributed by atoms with Gasteiger partial charge in [-0.1, -0.05) is 75.1 Å². The van der Waals surface area contributed by atoms with E-state index in [0.717, 1.165) is 12.0 Å². The first-order valence-electron chi connectivity index (χ1n) is 6.69. The lowest BCUT2D eigenvalue weighted by molar-refractivity contribution is 0.590. The largest absolute Gasteiger partial charge is 0.0931 e. The topological polar surface area (TPSA) is 0 Å². The van der Waals surface area contributed by atoms with Crippen LogP contribution in [0.4, 0.5) is 0 Å². The van der Waals surface area contributed by atoms with Gasteiger partial charge in [0.05, 0.1) is 0 Å². The van der Waals surface area contributed by atoms with Crippen LogP contribution in [0.5, 0.6) is 0 Å². The van der Waals surface area contributed by atoms with Gasteiger partial charge < -0.3 is 0 Å². The molecule has 0 atom stereocenters. The minimum absolute atomic E-state index is 0.204. The van der Waals surface area contributed by atoms with Crippen LogP contribution in [0, 0.1) is 11.8 Å². The van der Waals surface area contributed by atoms with Gasteiger partial charge in [0, 0.05) is 12.0 Å². The Kier molecular flexibility index (Phi) is 4.07. The average Bonchev–Trinajstić information content (AvgIpc) is 2.39. The van der Waals surface area contributed by atoms with E-state index in [1.54, 1.807) is 0 Å². The number of benzene rings is 2. The molecule has 0 bridgehead atoms. The highest BCUT2D eigenvalue weighted by molar-refractivity contribution is 5.38. The molecule has 2 aromatic rings. The van der Waals surface area contributed by atoms with Crippen LogP contribution in [-0.2, 0) is 11.8 Å². The van der Waals surface area contributed by atoms with Crippen molar-refractivity contribution in [2.45, 2.75) is 32.6 Å². The molecule has 0 heterocycles. The van der Waals surface area contributed by atoms with E-state index in [4.69, 9.17) is 0 Å². The summed E-state index contributed by atoms with van der Waals surface area (Å²) in [6.45, 7) is 6.68. The number of hydrogen-bond donors (Lipinski definition) is 0. The van der Waals surface area contributed by atoms with Crippen molar-refractivity contribution in [3.8, 4) is 11.8 Å². The molecule has 0 heteroatoms. The average molecular weight is 248 g/mol. The summed E-state index contributed by atoms with van der Waals surface area (Å²) in [6, 6.07) is 18.9. The molecule has 0 amide bonds. The maximum absolute atomic E-state index is 3.23. The Morgan fingerprint density at radius 2 is 1.47 bits per heavy atom. The van der Waals surface area contributed by atoms with Crippen molar-refractivity contribution in [1.82, 2.24) is 0 Å². The van der Waals surface area contributed by atoms with E-state index in [-0.39, 0.29) is 5.41 Å². The van der Waals surface area contributed by atoms with Gasteiger partial charge >= 0.3 is 0 Å². The van der Waals surface area contributed by atoms with E-state index >= 15 is 0 Å². The summed E-state index contributed by atoms with van der Waals surface area (Å²) in [5, 5.41) is 0. The molecule has 0 saturated heterocycles. The molecule has 0 aliphatic rings. The summed E-state index contributed by atoms with van der Waals surface area (Å²) in [7, 11) is 0. The lowest BCUT2D eigenvalue weighted by atomic mass is 9.87. The molecule has 0 spiro atoms. The molecule has 0 aliphatic carbocycles. The standard InChI is InChI=1S/C19H20/c1-19(2,3)18-14-12-17(13-15-18)11-7-10-16-8-5-4-6-9-16/h4-6,8-9,12-15H,10H2,1-3H3. The Labute approximate surface area is 116 Å². The molecule has 0 N–H and O–H groups in total. The Balaban J connectivity index is 2.05. The second kappa shape index (κ2) is 5.76. The van der Waals surface area contributed by atoms with Crippen LogP contribution in [0.2, 0.25) is 0 Å². The molecular formula is C19H20. The lowest BCUT2D eigenvalue weighted by Gasteiger charge is -2.18. The maximum Gasteiger partial charge on any atom is 0.0344 e. The van der Waals surface area contributed by atoms with Crippen LogP contribution >= 0.6 is 0 Å². The quantitative estimate of drug-likeness (QED) is 0.648. The minimum atomic E-state index is 0.204. The Bertz CT molecular complexity index is 572. The van der Waals surface area contributed by atoms with Crippen molar-refractivity contribution in [1.29, 1.82) is 0 Å². The fourth-order valence-corrected chi connectivity index (χ4v) is 1.90. The maximum atomic E-state index is 3.23. The van der Waals surface area contributed by atoms with E-state index < -0.39 is 0 Å². The molecular weight excluding hydrogens is 228 g/mol. The molecule has 2 aromatic carbocycles. The highest BCUT2D eigenvalue weighted by Gasteiger charge is 2.12. The van der Waals surface area contributed by atoms with Gasteiger partial charge in [-0.15, -0.1) is 0 Å². The monoisotopic (exact) mass is 248 g/mol. The summed E-state index contributed by atoms with van der Waals surface area (Å²) < 4.78 is 0. The summed E-state index contributed by atoms with van der Waals surface area (Å²) in [4.78, 5) is 0. The normalized spacial score (nSPS) is 10.7. The van der Waals surface area contributed by atoms with Gasteiger partial charge in [0.25, 0.3) is 0 Å². The molecule has 0 radical (unpaired) electrons. The van der Waals surface area contributed by atoms with Gasteiger partial charge in [-0.05, 0) is 28.7 Å². The fraction of sp³-hybridized carbons (Fsp3) is 0.263. The van der Waals surface area contributed by atoms with Gasteiger partial charge in [0.1, 0.15) is 0 Å². The zero-order chi connectivity index (χ0) is 13.7. The third-order valence-corrected chi connectivity index (χ3v) is 3.12. The third kappa shape index (κ3) is 4.00. The molecule has 19 heavy (non-hydrogen) atoms. The second-order valence-electron chi connectivity index (χ2n) is 5.79. The van der Waals surface area contributed by atoms with Gasteiger partial charge in [-0.2, -0.15) is 0 Å². The molecule has 2 rings (SSSR count). The van der Waals surface area contributed by atoms with Crippen LogP contribution in [0.25, 0.3) is 0 Å². The van der Waals surface area contributed by atoms with E-state index in [9.17, 15) is 0 Å². The first-order valence-corrected chi connectivity index (χ1v) is 6.69. The molecule has 96 valence electrons. The highest BCUT2D eigenvalue weighted by atomic mass is 14.2. The number of hydrogen-bond acceptors (Lipinski definition) is 0. The summed E-state index contributed by atoms with van der Waals surface area (Å²) in [5.41, 5.74) is 3.90. The van der Waals surface area contributed by atoms with Crippen molar-refractivity contribution in [3.63, 3.8) is 0 Å². The van der Waals surface area contributed by atoms with Gasteiger partial charge in [0.2, 0.25) is 0 Å². The summed E-state index contributed by atoms with van der Waals surface area (Å²) in [5.74, 6) is 6.45. The minimum Gasteiger partial charge on any atom is -0.0931 e. The van der Waals surface area contributed by atoms with Crippen LogP contribution < -0.4 is 0 Å². The zero-order valence-electron chi connectivity index (χ0n) is 11.9. The molecule has 0 unspecified atom stereocenters. The molecule has 0 aromatic heterocycles. The Morgan fingerprint density at radius 1 is 0.842 bits per heavy atom. The van der Waals surface area contributed by atoms with Crippen LogP contribution in [-0.4, -0.2) is 0 Å². The first-order chi connectivity index (χ1) is 9.05. The highest BCUT2D eigenvalue weighted by Crippen LogP contribution is 2.21. The van der Waals surface area contributed by atoms with Crippen molar-refractivity contribution in [2.75, 3.05) is 0 Å². The van der Waals surface area contributed by atoms with E-state index in [1.165, 1.54) is 11.1 Å². The van der Waals surface area contributed by atoms with Gasteiger partial charge in [0.15, 0.2) is 0 Å². The molecule has 0 aliphatic heterocycles. The van der Waals surface area contributed by atoms with Crippen molar-refractivity contribution in [2.24, 2.45) is 0 Å². The third-order valence-electron chi connectivity index (χ3n) is 3.12. The molecule has 0 nitrogen and oxygen atoms in total. The van der Waals surface area contributed by atoms with Crippen LogP contribution in [0.1, 0.15) is 37.5 Å². The van der Waals surface area contributed by atoms with E-state index in [0.29, 0.717) is 0 Å². The van der Waals surface area contributed by atoms with Crippen LogP contribution in [0.15, 0.2) is 54.6 Å². The van der Waals surface area contributed by atoms with Crippen molar-refractivity contribution >= 4 is 0 Å². The predicted octanol–water partition coefficient (Wildman–Crippen LogP) is 4.58. The van der Waals surface area contributed by atoms with Crippen molar-refractivity contribution in [3.05, 3.63) is 71.3 Å². The van der Waals surface area contributed by atoms with Gasteiger partial charge in [-0.25, -0.2) is 0 Å². The molecule has 0 saturated carbocycles.